The summed E-state index contributed by atoms with van der Waals surface area (Å²) >= 11 is 1.56. The minimum absolute atomic E-state index is 0.0927. The van der Waals surface area contributed by atoms with Gasteiger partial charge in [0.25, 0.3) is 11.8 Å². The van der Waals surface area contributed by atoms with Gasteiger partial charge in [-0.2, -0.15) is 4.98 Å². The highest BCUT2D eigenvalue weighted by molar-refractivity contribution is 7.13. The van der Waals surface area contributed by atoms with E-state index in [9.17, 15) is 4.79 Å². The molecule has 0 aliphatic carbocycles. The van der Waals surface area contributed by atoms with E-state index in [1.807, 2.05) is 17.5 Å². The van der Waals surface area contributed by atoms with E-state index >= 15 is 0 Å². The third-order valence-corrected chi connectivity index (χ3v) is 4.84. The molecular weight excluding hydrogens is 354 g/mol. The van der Waals surface area contributed by atoms with Gasteiger partial charge in [-0.1, -0.05) is 11.2 Å². The molecule has 0 unspecified atom stereocenters. The summed E-state index contributed by atoms with van der Waals surface area (Å²) in [4.78, 5) is 25.9. The highest BCUT2D eigenvalue weighted by atomic mass is 32.1. The van der Waals surface area contributed by atoms with Crippen LogP contribution in [-0.4, -0.2) is 39.2 Å². The number of carbonyl (C=O) groups excluding carboxylic acids is 1. The Morgan fingerprint density at radius 3 is 2.96 bits per heavy atom. The van der Waals surface area contributed by atoms with Gasteiger partial charge < -0.3 is 14.6 Å². The van der Waals surface area contributed by atoms with Crippen molar-refractivity contribution in [1.82, 2.24) is 25.4 Å². The second-order valence-electron chi connectivity index (χ2n) is 5.83. The van der Waals surface area contributed by atoms with Gasteiger partial charge in [-0.05, 0) is 24.3 Å². The van der Waals surface area contributed by atoms with Crippen LogP contribution in [0.1, 0.15) is 41.0 Å². The Kier molecular flexibility index (Phi) is 4.98. The standard InChI is InChI=1S/C17H17N5O3S/c23-16(11-9-19-15(20-10-11)13-4-2-8-26-13)18-6-5-14-21-17(25-22-14)12-3-1-7-24-12/h2,4,8-10,12H,1,3,5-7H2,(H,18,23)/t12-/m1/s1. The number of ether oxygens (including phenoxy) is 1. The molecule has 3 aromatic heterocycles. The Hall–Kier alpha value is -2.65. The highest BCUT2D eigenvalue weighted by Gasteiger charge is 2.23. The number of hydrogen-bond acceptors (Lipinski definition) is 8. The van der Waals surface area contributed by atoms with Crippen LogP contribution >= 0.6 is 11.3 Å². The molecule has 4 heterocycles. The molecule has 1 aliphatic heterocycles. The summed E-state index contributed by atoms with van der Waals surface area (Å²) in [6.07, 6.45) is 5.36. The highest BCUT2D eigenvalue weighted by Crippen LogP contribution is 2.26. The van der Waals surface area contributed by atoms with Gasteiger partial charge in [0.2, 0.25) is 0 Å². The molecule has 1 atom stereocenters. The average molecular weight is 371 g/mol. The summed E-state index contributed by atoms with van der Waals surface area (Å²) in [7, 11) is 0. The SMILES string of the molecule is O=C(NCCc1noc([C@H]2CCCO2)n1)c1cnc(-c2cccs2)nc1. The van der Waals surface area contributed by atoms with Crippen molar-refractivity contribution in [3.05, 3.63) is 47.2 Å². The van der Waals surface area contributed by atoms with Crippen molar-refractivity contribution in [2.75, 3.05) is 13.2 Å². The van der Waals surface area contributed by atoms with Crippen LogP contribution in [0.3, 0.4) is 0 Å². The second-order valence-corrected chi connectivity index (χ2v) is 6.78. The zero-order chi connectivity index (χ0) is 17.8. The average Bonchev–Trinajstić information content (AvgIpc) is 3.43. The third-order valence-electron chi connectivity index (χ3n) is 3.98. The van der Waals surface area contributed by atoms with Gasteiger partial charge in [0.15, 0.2) is 11.6 Å². The molecule has 0 radical (unpaired) electrons. The Morgan fingerprint density at radius 2 is 2.23 bits per heavy atom. The monoisotopic (exact) mass is 371 g/mol. The van der Waals surface area contributed by atoms with Crippen molar-refractivity contribution < 1.29 is 14.1 Å². The van der Waals surface area contributed by atoms with Gasteiger partial charge in [0.05, 0.1) is 10.4 Å². The lowest BCUT2D eigenvalue weighted by atomic mass is 10.2. The number of nitrogens with one attached hydrogen (secondary N) is 1. The van der Waals surface area contributed by atoms with Crippen molar-refractivity contribution >= 4 is 17.2 Å². The first-order valence-electron chi connectivity index (χ1n) is 8.38. The zero-order valence-electron chi connectivity index (χ0n) is 13.9. The number of aromatic nitrogens is 4. The van der Waals surface area contributed by atoms with Crippen LogP contribution in [0.25, 0.3) is 10.7 Å². The smallest absolute Gasteiger partial charge is 0.255 e. The van der Waals surface area contributed by atoms with Crippen molar-refractivity contribution in [1.29, 1.82) is 0 Å². The number of rotatable bonds is 6. The van der Waals surface area contributed by atoms with Gasteiger partial charge in [-0.25, -0.2) is 9.97 Å². The quantitative estimate of drug-likeness (QED) is 0.710. The van der Waals surface area contributed by atoms with Crippen molar-refractivity contribution in [3.8, 4) is 10.7 Å². The molecule has 1 saturated heterocycles. The lowest BCUT2D eigenvalue weighted by Gasteiger charge is -2.03. The van der Waals surface area contributed by atoms with Gasteiger partial charge in [0.1, 0.15) is 6.10 Å². The maximum Gasteiger partial charge on any atom is 0.255 e. The first-order chi connectivity index (χ1) is 12.8. The minimum Gasteiger partial charge on any atom is -0.368 e. The van der Waals surface area contributed by atoms with E-state index in [0.717, 1.165) is 24.3 Å². The maximum absolute atomic E-state index is 12.2. The van der Waals surface area contributed by atoms with E-state index in [0.29, 0.717) is 36.1 Å². The van der Waals surface area contributed by atoms with Gasteiger partial charge in [-0.3, -0.25) is 4.79 Å². The molecule has 0 spiro atoms. The van der Waals surface area contributed by atoms with E-state index in [1.54, 1.807) is 11.3 Å². The first kappa shape index (κ1) is 16.8. The molecule has 8 nitrogen and oxygen atoms in total. The Labute approximate surface area is 153 Å². The summed E-state index contributed by atoms with van der Waals surface area (Å²) in [5.41, 5.74) is 0.415. The van der Waals surface area contributed by atoms with Crippen LogP contribution in [0.4, 0.5) is 0 Å². The number of hydrogen-bond donors (Lipinski definition) is 1. The third kappa shape index (κ3) is 3.78. The fourth-order valence-corrected chi connectivity index (χ4v) is 3.31. The van der Waals surface area contributed by atoms with E-state index in [2.05, 4.69) is 25.4 Å². The van der Waals surface area contributed by atoms with E-state index < -0.39 is 0 Å². The molecule has 134 valence electrons. The van der Waals surface area contributed by atoms with Gasteiger partial charge in [-0.15, -0.1) is 11.3 Å². The van der Waals surface area contributed by atoms with Crippen molar-refractivity contribution in [2.45, 2.75) is 25.4 Å². The van der Waals surface area contributed by atoms with Crippen LogP contribution in [-0.2, 0) is 11.2 Å². The molecule has 26 heavy (non-hydrogen) atoms. The second kappa shape index (κ2) is 7.71. The topological polar surface area (TPSA) is 103 Å². The largest absolute Gasteiger partial charge is 0.368 e. The first-order valence-corrected chi connectivity index (χ1v) is 9.26. The fraction of sp³-hybridized carbons (Fsp3) is 0.353. The number of nitrogens with zero attached hydrogens (tertiary/aromatic N) is 4. The Bertz CT molecular complexity index is 857. The van der Waals surface area contributed by atoms with Gasteiger partial charge >= 0.3 is 0 Å². The van der Waals surface area contributed by atoms with Crippen LogP contribution in [0.2, 0.25) is 0 Å². The fourth-order valence-electron chi connectivity index (χ4n) is 2.64. The lowest BCUT2D eigenvalue weighted by molar-refractivity contribution is 0.0835. The zero-order valence-corrected chi connectivity index (χ0v) is 14.7. The molecule has 1 N–H and O–H groups in total. The number of thiophene rings is 1. The molecule has 0 bridgehead atoms. The maximum atomic E-state index is 12.2. The number of amides is 1. The van der Waals surface area contributed by atoms with E-state index in [1.165, 1.54) is 12.4 Å². The van der Waals surface area contributed by atoms with Crippen LogP contribution in [0, 0.1) is 0 Å². The summed E-state index contributed by atoms with van der Waals surface area (Å²) in [5, 5.41) is 8.70. The van der Waals surface area contributed by atoms with Crippen molar-refractivity contribution in [2.24, 2.45) is 0 Å². The van der Waals surface area contributed by atoms with E-state index in [4.69, 9.17) is 9.26 Å². The summed E-state index contributed by atoms with van der Waals surface area (Å²) in [6.45, 7) is 1.13. The summed E-state index contributed by atoms with van der Waals surface area (Å²) in [5.74, 6) is 1.46. The molecule has 1 amide bonds. The lowest BCUT2D eigenvalue weighted by Crippen LogP contribution is -2.26. The molecule has 4 rings (SSSR count). The molecule has 3 aromatic rings. The molecule has 0 aromatic carbocycles. The predicted molar refractivity (Wildman–Crippen MR) is 93.6 cm³/mol. The van der Waals surface area contributed by atoms with Crippen molar-refractivity contribution in [3.63, 3.8) is 0 Å². The normalized spacial score (nSPS) is 16.7. The Balaban J connectivity index is 1.28. The predicted octanol–water partition coefficient (Wildman–Crippen LogP) is 2.41. The summed E-state index contributed by atoms with van der Waals surface area (Å²) in [6, 6.07) is 3.88. The number of carbonyl (C=O) groups is 1. The van der Waals surface area contributed by atoms with Crippen LogP contribution in [0.15, 0.2) is 34.4 Å². The van der Waals surface area contributed by atoms with E-state index in [-0.39, 0.29) is 12.0 Å². The molecular formula is C17H17N5O3S. The molecule has 1 fully saturated rings. The van der Waals surface area contributed by atoms with Crippen LogP contribution < -0.4 is 5.32 Å². The van der Waals surface area contributed by atoms with Gasteiger partial charge in [0, 0.05) is 32.0 Å². The minimum atomic E-state index is -0.231. The van der Waals surface area contributed by atoms with Crippen LogP contribution in [0.5, 0.6) is 0 Å². The molecule has 0 saturated carbocycles. The summed E-state index contributed by atoms with van der Waals surface area (Å²) < 4.78 is 10.7. The molecule has 1 aliphatic rings. The Morgan fingerprint density at radius 1 is 1.35 bits per heavy atom. The molecule has 9 heteroatoms.